The van der Waals surface area contributed by atoms with E-state index in [-0.39, 0.29) is 6.03 Å². The van der Waals surface area contributed by atoms with E-state index in [4.69, 9.17) is 10.6 Å². The minimum Gasteiger partial charge on any atom is -0.381 e. The van der Waals surface area contributed by atoms with Crippen molar-refractivity contribution in [3.05, 3.63) is 0 Å². The van der Waals surface area contributed by atoms with E-state index in [0.29, 0.717) is 12.5 Å². The van der Waals surface area contributed by atoms with Crippen molar-refractivity contribution in [2.24, 2.45) is 11.8 Å². The third kappa shape index (κ3) is 1.99. The summed E-state index contributed by atoms with van der Waals surface area (Å²) in [6, 6.07) is -0.0387. The number of hydrazine groups is 1. The van der Waals surface area contributed by atoms with E-state index in [2.05, 4.69) is 0 Å². The van der Waals surface area contributed by atoms with E-state index >= 15 is 0 Å². The number of rotatable bonds is 2. The maximum Gasteiger partial charge on any atom is 0.334 e. The van der Waals surface area contributed by atoms with Gasteiger partial charge in [0.1, 0.15) is 0 Å². The first-order chi connectivity index (χ1) is 6.77. The minimum absolute atomic E-state index is 0.0387. The largest absolute Gasteiger partial charge is 0.381 e. The van der Waals surface area contributed by atoms with Crippen molar-refractivity contribution in [1.82, 2.24) is 9.91 Å². The zero-order chi connectivity index (χ0) is 9.97. The third-order valence-corrected chi connectivity index (χ3v) is 2.85. The van der Waals surface area contributed by atoms with Crippen molar-refractivity contribution in [1.29, 1.82) is 0 Å². The Hall–Kier alpha value is -0.810. The van der Waals surface area contributed by atoms with Gasteiger partial charge in [-0.1, -0.05) is 0 Å². The van der Waals surface area contributed by atoms with Gasteiger partial charge in [0.15, 0.2) is 0 Å². The fourth-order valence-corrected chi connectivity index (χ4v) is 2.01. The van der Waals surface area contributed by atoms with Gasteiger partial charge in [0.2, 0.25) is 0 Å². The third-order valence-electron chi connectivity index (χ3n) is 2.85. The first-order valence-corrected chi connectivity index (χ1v) is 5.16. The Morgan fingerprint density at radius 1 is 1.50 bits per heavy atom. The Morgan fingerprint density at radius 2 is 2.36 bits per heavy atom. The second-order valence-electron chi connectivity index (χ2n) is 4.01. The summed E-state index contributed by atoms with van der Waals surface area (Å²) in [4.78, 5) is 13.4. The SMILES string of the molecule is NN1CCCN(CC2CCOC2)C1=O. The number of nitrogens with two attached hydrogens (primary N) is 1. The van der Waals surface area contributed by atoms with Crippen LogP contribution in [0.5, 0.6) is 0 Å². The molecule has 5 nitrogen and oxygen atoms in total. The van der Waals surface area contributed by atoms with Crippen molar-refractivity contribution in [3.63, 3.8) is 0 Å². The number of hydrogen-bond acceptors (Lipinski definition) is 3. The topological polar surface area (TPSA) is 58.8 Å². The highest BCUT2D eigenvalue weighted by molar-refractivity contribution is 5.74. The summed E-state index contributed by atoms with van der Waals surface area (Å²) >= 11 is 0. The number of nitrogens with zero attached hydrogens (tertiary/aromatic N) is 2. The summed E-state index contributed by atoms with van der Waals surface area (Å²) in [6.07, 6.45) is 2.03. The van der Waals surface area contributed by atoms with Crippen LogP contribution in [-0.4, -0.2) is 48.8 Å². The standard InChI is InChI=1S/C9H17N3O2/c10-12-4-1-3-11(9(12)13)6-8-2-5-14-7-8/h8H,1-7,10H2. The number of urea groups is 1. The monoisotopic (exact) mass is 199 g/mol. The molecule has 2 saturated heterocycles. The Balaban J connectivity index is 1.86. The molecule has 1 unspecified atom stereocenters. The second kappa shape index (κ2) is 4.14. The van der Waals surface area contributed by atoms with Crippen molar-refractivity contribution in [2.75, 3.05) is 32.8 Å². The Labute approximate surface area is 83.8 Å². The number of hydrogen-bond donors (Lipinski definition) is 1. The highest BCUT2D eigenvalue weighted by Crippen LogP contribution is 2.16. The molecule has 0 spiro atoms. The maximum atomic E-state index is 11.6. The van der Waals surface area contributed by atoms with Crippen LogP contribution in [0.15, 0.2) is 0 Å². The van der Waals surface area contributed by atoms with Crippen molar-refractivity contribution < 1.29 is 9.53 Å². The average Bonchev–Trinajstić information content (AvgIpc) is 2.66. The van der Waals surface area contributed by atoms with Gasteiger partial charge in [-0.05, 0) is 12.8 Å². The molecule has 1 atom stereocenters. The summed E-state index contributed by atoms with van der Waals surface area (Å²) in [7, 11) is 0. The number of ether oxygens (including phenoxy) is 1. The van der Waals surface area contributed by atoms with Crippen molar-refractivity contribution in [2.45, 2.75) is 12.8 Å². The summed E-state index contributed by atoms with van der Waals surface area (Å²) in [5.74, 6) is 6.06. The van der Waals surface area contributed by atoms with Gasteiger partial charge in [-0.3, -0.25) is 5.01 Å². The minimum atomic E-state index is -0.0387. The summed E-state index contributed by atoms with van der Waals surface area (Å²) in [5.41, 5.74) is 0. The van der Waals surface area contributed by atoms with E-state index in [9.17, 15) is 4.79 Å². The smallest absolute Gasteiger partial charge is 0.334 e. The second-order valence-corrected chi connectivity index (χ2v) is 4.01. The molecule has 0 aromatic heterocycles. The Morgan fingerprint density at radius 3 is 3.07 bits per heavy atom. The maximum absolute atomic E-state index is 11.6. The first-order valence-electron chi connectivity index (χ1n) is 5.16. The van der Waals surface area contributed by atoms with Crippen molar-refractivity contribution >= 4 is 6.03 Å². The summed E-state index contributed by atoms with van der Waals surface area (Å²) in [5, 5.41) is 1.30. The molecular formula is C9H17N3O2. The van der Waals surface area contributed by atoms with Gasteiger partial charge >= 0.3 is 6.03 Å². The van der Waals surface area contributed by atoms with Gasteiger partial charge in [-0.15, -0.1) is 0 Å². The Kier molecular flexibility index (Phi) is 2.88. The van der Waals surface area contributed by atoms with E-state index < -0.39 is 0 Å². The average molecular weight is 199 g/mol. The zero-order valence-electron chi connectivity index (χ0n) is 8.32. The predicted octanol–water partition coefficient (Wildman–Crippen LogP) is 0.0243. The molecule has 2 aliphatic rings. The van der Waals surface area contributed by atoms with Crippen LogP contribution < -0.4 is 5.84 Å². The van der Waals surface area contributed by atoms with Gasteiger partial charge < -0.3 is 9.64 Å². The van der Waals surface area contributed by atoms with Crippen molar-refractivity contribution in [3.8, 4) is 0 Å². The molecule has 2 fully saturated rings. The molecule has 5 heteroatoms. The fourth-order valence-electron chi connectivity index (χ4n) is 2.01. The first kappa shape index (κ1) is 9.73. The molecule has 0 aromatic rings. The van der Waals surface area contributed by atoms with E-state index in [1.165, 1.54) is 5.01 Å². The molecule has 2 amide bonds. The van der Waals surface area contributed by atoms with Crippen LogP contribution in [0.25, 0.3) is 0 Å². The molecule has 0 aromatic carbocycles. The Bertz CT molecular complexity index is 216. The number of carbonyl (C=O) groups is 1. The molecule has 0 radical (unpaired) electrons. The predicted molar refractivity (Wildman–Crippen MR) is 51.4 cm³/mol. The molecule has 0 saturated carbocycles. The number of amides is 2. The fraction of sp³-hybridized carbons (Fsp3) is 0.889. The van der Waals surface area contributed by atoms with Gasteiger partial charge in [-0.2, -0.15) is 0 Å². The van der Waals surface area contributed by atoms with Crippen LogP contribution in [-0.2, 0) is 4.74 Å². The number of carbonyl (C=O) groups excluding carboxylic acids is 1. The van der Waals surface area contributed by atoms with E-state index in [0.717, 1.165) is 39.1 Å². The molecule has 2 aliphatic heterocycles. The van der Waals surface area contributed by atoms with Crippen LogP contribution in [0.3, 0.4) is 0 Å². The molecule has 2 rings (SSSR count). The van der Waals surface area contributed by atoms with Crippen LogP contribution in [0, 0.1) is 5.92 Å². The van der Waals surface area contributed by atoms with Crippen LogP contribution >= 0.6 is 0 Å². The summed E-state index contributed by atoms with van der Waals surface area (Å²) in [6.45, 7) is 3.93. The molecule has 0 bridgehead atoms. The molecule has 80 valence electrons. The molecule has 14 heavy (non-hydrogen) atoms. The summed E-state index contributed by atoms with van der Waals surface area (Å²) < 4.78 is 5.28. The lowest BCUT2D eigenvalue weighted by atomic mass is 10.1. The van der Waals surface area contributed by atoms with Gasteiger partial charge in [0.05, 0.1) is 6.61 Å². The zero-order valence-corrected chi connectivity index (χ0v) is 8.32. The molecule has 2 N–H and O–H groups in total. The van der Waals surface area contributed by atoms with Crippen LogP contribution in [0.2, 0.25) is 0 Å². The highest BCUT2D eigenvalue weighted by Gasteiger charge is 2.27. The van der Waals surface area contributed by atoms with Gasteiger partial charge in [-0.25, -0.2) is 10.6 Å². The van der Waals surface area contributed by atoms with E-state index in [1.807, 2.05) is 4.90 Å². The lowest BCUT2D eigenvalue weighted by Crippen LogP contribution is -2.53. The van der Waals surface area contributed by atoms with E-state index in [1.54, 1.807) is 0 Å². The van der Waals surface area contributed by atoms with Crippen LogP contribution in [0.4, 0.5) is 4.79 Å². The quantitative estimate of drug-likeness (QED) is 0.504. The van der Waals surface area contributed by atoms with Crippen LogP contribution in [0.1, 0.15) is 12.8 Å². The molecular weight excluding hydrogens is 182 g/mol. The lowest BCUT2D eigenvalue weighted by molar-refractivity contribution is 0.117. The molecule has 2 heterocycles. The van der Waals surface area contributed by atoms with Gasteiger partial charge in [0, 0.05) is 32.2 Å². The normalized spacial score (nSPS) is 28.6. The molecule has 0 aliphatic carbocycles. The van der Waals surface area contributed by atoms with Gasteiger partial charge in [0.25, 0.3) is 0 Å². The lowest BCUT2D eigenvalue weighted by Gasteiger charge is -2.33. The highest BCUT2D eigenvalue weighted by atomic mass is 16.5.